The Hall–Kier alpha value is -0.120. The molecular formula is C20H44N2O. The number of unbranched alkanes of at least 4 members (excludes halogenated alkanes) is 14. The molecule has 0 heterocycles. The van der Waals surface area contributed by atoms with Crippen LogP contribution in [0.3, 0.4) is 0 Å². The molecule has 0 saturated carbocycles. The quantitative estimate of drug-likeness (QED) is 0.203. The predicted molar refractivity (Wildman–Crippen MR) is 102 cm³/mol. The summed E-state index contributed by atoms with van der Waals surface area (Å²) < 4.78 is 0. The molecule has 23 heavy (non-hydrogen) atoms. The second-order valence-corrected chi connectivity index (χ2v) is 6.84. The Kier molecular flexibility index (Phi) is 21.8. The van der Waals surface area contributed by atoms with Gasteiger partial charge in [0.2, 0.25) is 0 Å². The van der Waals surface area contributed by atoms with Crippen LogP contribution in [0.15, 0.2) is 0 Å². The molecule has 0 aromatic carbocycles. The molecule has 140 valence electrons. The molecule has 0 aliphatic rings. The molecule has 2 N–H and O–H groups in total. The second kappa shape index (κ2) is 21.9. The first kappa shape index (κ1) is 22.9. The fraction of sp³-hybridized carbons (Fsp3) is 1.00. The summed E-state index contributed by atoms with van der Waals surface area (Å²) in [5.74, 6) is 0. The Labute approximate surface area is 146 Å². The van der Waals surface area contributed by atoms with Crippen molar-refractivity contribution in [2.75, 3.05) is 13.1 Å². The van der Waals surface area contributed by atoms with Crippen molar-refractivity contribution in [1.29, 1.82) is 0 Å². The highest BCUT2D eigenvalue weighted by Gasteiger charge is 1.93. The third-order valence-electron chi connectivity index (χ3n) is 4.41. The Morgan fingerprint density at radius 3 is 1.09 bits per heavy atom. The minimum Gasteiger partial charge on any atom is -0.214 e. The highest BCUT2D eigenvalue weighted by Crippen LogP contribution is 2.08. The molecule has 0 aliphatic heterocycles. The minimum absolute atomic E-state index is 0.958. The third kappa shape index (κ3) is 21.9. The van der Waals surface area contributed by atoms with E-state index in [9.17, 15) is 0 Å². The molecule has 0 spiro atoms. The van der Waals surface area contributed by atoms with E-state index in [1.165, 1.54) is 103 Å². The highest BCUT2D eigenvalue weighted by molar-refractivity contribution is 4.47. The van der Waals surface area contributed by atoms with E-state index in [4.69, 9.17) is 4.94 Å². The monoisotopic (exact) mass is 328 g/mol. The van der Waals surface area contributed by atoms with E-state index in [0.29, 0.717) is 0 Å². The molecule has 0 amide bonds. The molecule has 0 aromatic heterocycles. The van der Waals surface area contributed by atoms with Crippen molar-refractivity contribution < 1.29 is 4.94 Å². The summed E-state index contributed by atoms with van der Waals surface area (Å²) in [7, 11) is 0. The van der Waals surface area contributed by atoms with Crippen LogP contribution in [-0.2, 0) is 4.94 Å². The molecule has 0 saturated heterocycles. The zero-order valence-corrected chi connectivity index (χ0v) is 16.1. The molecule has 0 atom stereocenters. The van der Waals surface area contributed by atoms with Crippen molar-refractivity contribution in [3.8, 4) is 0 Å². The normalized spacial score (nSPS) is 11.2. The Morgan fingerprint density at radius 2 is 0.739 bits per heavy atom. The van der Waals surface area contributed by atoms with E-state index >= 15 is 0 Å². The first-order valence-corrected chi connectivity index (χ1v) is 10.5. The summed E-state index contributed by atoms with van der Waals surface area (Å²) in [6.45, 7) is 6.46. The Bertz CT molecular complexity index is 180. The van der Waals surface area contributed by atoms with Crippen molar-refractivity contribution in [2.24, 2.45) is 0 Å². The van der Waals surface area contributed by atoms with E-state index in [2.05, 4.69) is 24.8 Å². The Balaban J connectivity index is 2.92. The van der Waals surface area contributed by atoms with Gasteiger partial charge in [-0.15, -0.1) is 0 Å². The van der Waals surface area contributed by atoms with Gasteiger partial charge in [-0.25, -0.2) is 4.94 Å². The van der Waals surface area contributed by atoms with E-state index < -0.39 is 0 Å². The average Bonchev–Trinajstić information content (AvgIpc) is 2.57. The topological polar surface area (TPSA) is 33.3 Å². The largest absolute Gasteiger partial charge is 0.214 e. The van der Waals surface area contributed by atoms with Gasteiger partial charge in [-0.05, 0) is 12.8 Å². The van der Waals surface area contributed by atoms with Gasteiger partial charge in [-0.2, -0.15) is 11.0 Å². The van der Waals surface area contributed by atoms with E-state index in [-0.39, 0.29) is 0 Å². The average molecular weight is 329 g/mol. The third-order valence-corrected chi connectivity index (χ3v) is 4.41. The molecule has 3 heteroatoms. The van der Waals surface area contributed by atoms with Gasteiger partial charge in [0.1, 0.15) is 0 Å². The van der Waals surface area contributed by atoms with Gasteiger partial charge in [0, 0.05) is 13.1 Å². The lowest BCUT2D eigenvalue weighted by atomic mass is 10.1. The maximum absolute atomic E-state index is 5.25. The van der Waals surface area contributed by atoms with Crippen molar-refractivity contribution in [3.05, 3.63) is 0 Å². The molecule has 0 fully saturated rings. The number of nitrogens with one attached hydrogen (secondary N) is 2. The molecular weight excluding hydrogens is 284 g/mol. The highest BCUT2D eigenvalue weighted by atomic mass is 16.8. The lowest BCUT2D eigenvalue weighted by molar-refractivity contribution is -0.0387. The van der Waals surface area contributed by atoms with Gasteiger partial charge in [0.05, 0.1) is 0 Å². The Morgan fingerprint density at radius 1 is 0.435 bits per heavy atom. The van der Waals surface area contributed by atoms with Gasteiger partial charge in [0.25, 0.3) is 0 Å². The first-order chi connectivity index (χ1) is 11.4. The summed E-state index contributed by atoms with van der Waals surface area (Å²) in [4.78, 5) is 5.25. The summed E-state index contributed by atoms with van der Waals surface area (Å²) in [5, 5.41) is 0. The number of hydrogen-bond acceptors (Lipinski definition) is 3. The predicted octanol–water partition coefficient (Wildman–Crippen LogP) is 6.29. The van der Waals surface area contributed by atoms with Crippen LogP contribution in [0.2, 0.25) is 0 Å². The molecule has 0 rings (SSSR count). The fourth-order valence-electron chi connectivity index (χ4n) is 2.82. The summed E-state index contributed by atoms with van der Waals surface area (Å²) >= 11 is 0. The molecule has 0 unspecified atom stereocenters. The standard InChI is InChI=1S/C20H44N2O/c1-3-5-7-9-11-13-15-17-19-21-23-22-20-18-16-14-12-10-8-6-4-2/h21-22H,3-20H2,1-2H3. The first-order valence-electron chi connectivity index (χ1n) is 10.5. The van der Waals surface area contributed by atoms with Gasteiger partial charge in [-0.3, -0.25) is 0 Å². The number of hydroxylamine groups is 2. The lowest BCUT2D eigenvalue weighted by Crippen LogP contribution is -2.27. The van der Waals surface area contributed by atoms with Gasteiger partial charge >= 0.3 is 0 Å². The molecule has 0 radical (unpaired) electrons. The van der Waals surface area contributed by atoms with Crippen LogP contribution >= 0.6 is 0 Å². The van der Waals surface area contributed by atoms with Crippen molar-refractivity contribution in [2.45, 2.75) is 117 Å². The van der Waals surface area contributed by atoms with Crippen LogP contribution in [0, 0.1) is 0 Å². The second-order valence-electron chi connectivity index (χ2n) is 6.84. The summed E-state index contributed by atoms with van der Waals surface area (Å²) in [6.07, 6.45) is 21.8. The molecule has 0 bridgehead atoms. The molecule has 0 aliphatic carbocycles. The van der Waals surface area contributed by atoms with Crippen molar-refractivity contribution in [3.63, 3.8) is 0 Å². The van der Waals surface area contributed by atoms with Crippen LogP contribution in [0.4, 0.5) is 0 Å². The van der Waals surface area contributed by atoms with Crippen LogP contribution in [0.25, 0.3) is 0 Å². The molecule has 3 nitrogen and oxygen atoms in total. The van der Waals surface area contributed by atoms with Crippen molar-refractivity contribution in [1.82, 2.24) is 11.0 Å². The van der Waals surface area contributed by atoms with E-state index in [1.54, 1.807) is 0 Å². The summed E-state index contributed by atoms with van der Waals surface area (Å²) in [5.41, 5.74) is 6.02. The van der Waals surface area contributed by atoms with Gasteiger partial charge in [0.15, 0.2) is 0 Å². The summed E-state index contributed by atoms with van der Waals surface area (Å²) in [6, 6.07) is 0. The number of rotatable bonds is 20. The van der Waals surface area contributed by atoms with Crippen molar-refractivity contribution >= 4 is 0 Å². The van der Waals surface area contributed by atoms with E-state index in [0.717, 1.165) is 13.1 Å². The van der Waals surface area contributed by atoms with Gasteiger partial charge in [-0.1, -0.05) is 104 Å². The minimum atomic E-state index is 0.958. The number of hydrogen-bond donors (Lipinski definition) is 2. The smallest absolute Gasteiger partial charge is 0.0229 e. The lowest BCUT2D eigenvalue weighted by Gasteiger charge is -2.07. The molecule has 0 aromatic rings. The maximum Gasteiger partial charge on any atom is 0.0229 e. The van der Waals surface area contributed by atoms with Crippen LogP contribution in [0.1, 0.15) is 117 Å². The maximum atomic E-state index is 5.25. The van der Waals surface area contributed by atoms with Crippen LogP contribution in [0.5, 0.6) is 0 Å². The zero-order chi connectivity index (χ0) is 16.8. The van der Waals surface area contributed by atoms with Gasteiger partial charge < -0.3 is 0 Å². The van der Waals surface area contributed by atoms with Crippen LogP contribution < -0.4 is 11.0 Å². The van der Waals surface area contributed by atoms with E-state index in [1.807, 2.05) is 0 Å². The van der Waals surface area contributed by atoms with Crippen LogP contribution in [-0.4, -0.2) is 13.1 Å². The zero-order valence-electron chi connectivity index (χ0n) is 16.1. The SMILES string of the molecule is CCCCCCCCCCNONCCCCCCCCCC. The fourth-order valence-corrected chi connectivity index (χ4v) is 2.82.